The van der Waals surface area contributed by atoms with Gasteiger partial charge in [-0.2, -0.15) is 0 Å². The minimum absolute atomic E-state index is 0.0186. The van der Waals surface area contributed by atoms with Crippen molar-refractivity contribution < 1.29 is 38.1 Å². The summed E-state index contributed by atoms with van der Waals surface area (Å²) in [5, 5.41) is 0. The normalized spacial score (nSPS) is 9.30. The smallest absolute Gasteiger partial charge is 0.160 e. The summed E-state index contributed by atoms with van der Waals surface area (Å²) in [4.78, 5) is 32.5. The van der Waals surface area contributed by atoms with Crippen molar-refractivity contribution in [2.75, 3.05) is 35.5 Å². The molecular formula is C36H42O8. The first-order chi connectivity index (χ1) is 21.0. The van der Waals surface area contributed by atoms with Gasteiger partial charge in [-0.05, 0) is 87.9 Å². The number of para-hydroxylation sites is 2. The maximum atomic E-state index is 10.8. The standard InChI is InChI=1S/C10H10O2.C9H12O2.C9H10O2.C8H10O2/c1-7(11)9-3-5-10(6-4-9)8(2)12;1-7-6-8(10-2)4-5-9(7)11-3;1-7(10)8-3-5-9(11-2)6-4-8;1-9-7-5-3-4-6-8(7)10-2/h3-6H,1-2H3;4-6H,1-3H3;3-6H,1-2H3;3-6H,1-2H3. The van der Waals surface area contributed by atoms with E-state index in [1.165, 1.54) is 13.8 Å². The molecule has 0 amide bonds. The SMILES string of the molecule is CC(=O)c1ccc(C(C)=O)cc1.COc1ccc(C(C)=O)cc1.COc1ccc(OC)c(C)c1.COc1ccccc1OC. The maximum Gasteiger partial charge on any atom is 0.160 e. The second kappa shape index (κ2) is 19.9. The molecule has 0 aliphatic rings. The summed E-state index contributed by atoms with van der Waals surface area (Å²) in [5.41, 5.74) is 3.08. The van der Waals surface area contributed by atoms with Gasteiger partial charge in [0.05, 0.1) is 35.5 Å². The Hall–Kier alpha value is -5.11. The van der Waals surface area contributed by atoms with E-state index in [1.807, 2.05) is 49.4 Å². The quantitative estimate of drug-likeness (QED) is 0.189. The molecule has 0 aliphatic heterocycles. The van der Waals surface area contributed by atoms with E-state index >= 15 is 0 Å². The minimum atomic E-state index is 0.0186. The molecule has 0 radical (unpaired) electrons. The average Bonchev–Trinajstić information content (AvgIpc) is 3.05. The van der Waals surface area contributed by atoms with Gasteiger partial charge >= 0.3 is 0 Å². The largest absolute Gasteiger partial charge is 0.497 e. The number of hydrogen-bond donors (Lipinski definition) is 0. The van der Waals surface area contributed by atoms with Gasteiger partial charge in [0.15, 0.2) is 28.8 Å². The first-order valence-corrected chi connectivity index (χ1v) is 13.6. The average molecular weight is 603 g/mol. The summed E-state index contributed by atoms with van der Waals surface area (Å²) in [6.07, 6.45) is 0. The van der Waals surface area contributed by atoms with Gasteiger partial charge in [-0.1, -0.05) is 36.4 Å². The van der Waals surface area contributed by atoms with E-state index < -0.39 is 0 Å². The fourth-order valence-corrected chi connectivity index (χ4v) is 3.53. The predicted molar refractivity (Wildman–Crippen MR) is 173 cm³/mol. The van der Waals surface area contributed by atoms with Crippen molar-refractivity contribution in [2.24, 2.45) is 0 Å². The van der Waals surface area contributed by atoms with E-state index in [9.17, 15) is 14.4 Å². The van der Waals surface area contributed by atoms with Crippen LogP contribution in [-0.4, -0.2) is 52.9 Å². The van der Waals surface area contributed by atoms with Gasteiger partial charge in [-0.3, -0.25) is 14.4 Å². The third kappa shape index (κ3) is 12.8. The molecule has 0 unspecified atom stereocenters. The van der Waals surface area contributed by atoms with Crippen LogP contribution in [0.2, 0.25) is 0 Å². The van der Waals surface area contributed by atoms with Gasteiger partial charge in [-0.25, -0.2) is 0 Å². The van der Waals surface area contributed by atoms with Crippen molar-refractivity contribution in [2.45, 2.75) is 27.7 Å². The van der Waals surface area contributed by atoms with Crippen LogP contribution in [0.4, 0.5) is 0 Å². The molecule has 8 heteroatoms. The minimum Gasteiger partial charge on any atom is -0.497 e. The first-order valence-electron chi connectivity index (χ1n) is 13.6. The van der Waals surface area contributed by atoms with Crippen LogP contribution in [0.25, 0.3) is 0 Å². The molecule has 0 saturated heterocycles. The van der Waals surface area contributed by atoms with Crippen LogP contribution in [0.5, 0.6) is 28.7 Å². The Kier molecular flexibility index (Phi) is 16.7. The second-order valence-electron chi connectivity index (χ2n) is 9.16. The van der Waals surface area contributed by atoms with Crippen LogP contribution in [0.15, 0.2) is 91.0 Å². The number of carbonyl (C=O) groups excluding carboxylic acids is 3. The Balaban J connectivity index is 0.000000294. The fraction of sp³-hybridized carbons (Fsp3) is 0.250. The number of ether oxygens (including phenoxy) is 5. The Labute approximate surface area is 260 Å². The number of carbonyl (C=O) groups is 3. The summed E-state index contributed by atoms with van der Waals surface area (Å²) in [7, 11) is 8.16. The number of methoxy groups -OCH3 is 5. The molecule has 0 atom stereocenters. The summed E-state index contributed by atoms with van der Waals surface area (Å²) in [6, 6.07) is 27.0. The monoisotopic (exact) mass is 602 g/mol. The van der Waals surface area contributed by atoms with Crippen molar-refractivity contribution in [1.29, 1.82) is 0 Å². The highest BCUT2D eigenvalue weighted by molar-refractivity contribution is 5.97. The van der Waals surface area contributed by atoms with E-state index in [2.05, 4.69) is 0 Å². The Morgan fingerprint density at radius 2 is 0.773 bits per heavy atom. The van der Waals surface area contributed by atoms with E-state index in [0.717, 1.165) is 34.3 Å². The van der Waals surface area contributed by atoms with E-state index in [-0.39, 0.29) is 17.3 Å². The lowest BCUT2D eigenvalue weighted by atomic mass is 10.1. The molecule has 0 N–H and O–H groups in total. The summed E-state index contributed by atoms with van der Waals surface area (Å²) in [6.45, 7) is 6.54. The molecule has 4 aromatic carbocycles. The van der Waals surface area contributed by atoms with Gasteiger partial charge in [0.25, 0.3) is 0 Å². The zero-order valence-corrected chi connectivity index (χ0v) is 26.9. The van der Waals surface area contributed by atoms with Crippen LogP contribution in [0.3, 0.4) is 0 Å². The molecule has 234 valence electrons. The number of ketones is 3. The van der Waals surface area contributed by atoms with Crippen molar-refractivity contribution >= 4 is 17.3 Å². The van der Waals surface area contributed by atoms with Crippen molar-refractivity contribution in [3.05, 3.63) is 113 Å². The van der Waals surface area contributed by atoms with Crippen LogP contribution in [-0.2, 0) is 0 Å². The van der Waals surface area contributed by atoms with Crippen LogP contribution >= 0.6 is 0 Å². The molecular weight excluding hydrogens is 560 g/mol. The lowest BCUT2D eigenvalue weighted by Crippen LogP contribution is -1.95. The third-order valence-electron chi connectivity index (χ3n) is 6.09. The highest BCUT2D eigenvalue weighted by Crippen LogP contribution is 2.24. The lowest BCUT2D eigenvalue weighted by Gasteiger charge is -2.05. The number of rotatable bonds is 8. The van der Waals surface area contributed by atoms with Gasteiger partial charge in [0, 0.05) is 16.7 Å². The zero-order valence-electron chi connectivity index (χ0n) is 26.9. The number of benzene rings is 4. The molecule has 0 spiro atoms. The molecule has 0 fully saturated rings. The summed E-state index contributed by atoms with van der Waals surface area (Å²) in [5.74, 6) is 4.18. The second-order valence-corrected chi connectivity index (χ2v) is 9.16. The van der Waals surface area contributed by atoms with Crippen LogP contribution in [0.1, 0.15) is 57.4 Å². The van der Waals surface area contributed by atoms with E-state index in [0.29, 0.717) is 16.7 Å². The lowest BCUT2D eigenvalue weighted by molar-refractivity contribution is 0.100. The number of aryl methyl sites for hydroxylation is 1. The molecule has 0 bridgehead atoms. The van der Waals surface area contributed by atoms with Crippen LogP contribution in [0, 0.1) is 6.92 Å². The molecule has 0 aliphatic carbocycles. The molecule has 0 heterocycles. The fourth-order valence-electron chi connectivity index (χ4n) is 3.53. The molecule has 0 aromatic heterocycles. The number of hydrogen-bond acceptors (Lipinski definition) is 8. The summed E-state index contributed by atoms with van der Waals surface area (Å²) >= 11 is 0. The topological polar surface area (TPSA) is 97.4 Å². The van der Waals surface area contributed by atoms with Gasteiger partial charge in [0.2, 0.25) is 0 Å². The third-order valence-corrected chi connectivity index (χ3v) is 6.09. The first kappa shape index (κ1) is 36.9. The van der Waals surface area contributed by atoms with E-state index in [1.54, 1.807) is 91.0 Å². The predicted octanol–water partition coefficient (Wildman–Crippen LogP) is 7.71. The highest BCUT2D eigenvalue weighted by atomic mass is 16.5. The highest BCUT2D eigenvalue weighted by Gasteiger charge is 2.01. The maximum absolute atomic E-state index is 10.8. The molecule has 0 saturated carbocycles. The molecule has 44 heavy (non-hydrogen) atoms. The van der Waals surface area contributed by atoms with Crippen LogP contribution < -0.4 is 23.7 Å². The van der Waals surface area contributed by atoms with Crippen molar-refractivity contribution in [3.63, 3.8) is 0 Å². The Morgan fingerprint density at radius 3 is 1.07 bits per heavy atom. The van der Waals surface area contributed by atoms with Gasteiger partial charge in [-0.15, -0.1) is 0 Å². The molecule has 4 rings (SSSR count). The number of Topliss-reactive ketones (excluding diaryl/α,β-unsaturated/α-hetero) is 3. The Morgan fingerprint density at radius 1 is 0.432 bits per heavy atom. The van der Waals surface area contributed by atoms with Gasteiger partial charge < -0.3 is 23.7 Å². The molecule has 4 aromatic rings. The summed E-state index contributed by atoms with van der Waals surface area (Å²) < 4.78 is 25.1. The van der Waals surface area contributed by atoms with E-state index in [4.69, 9.17) is 23.7 Å². The van der Waals surface area contributed by atoms with Crippen molar-refractivity contribution in [1.82, 2.24) is 0 Å². The Bertz CT molecular complexity index is 1400. The molecule has 8 nitrogen and oxygen atoms in total. The van der Waals surface area contributed by atoms with Gasteiger partial charge in [0.1, 0.15) is 17.2 Å². The van der Waals surface area contributed by atoms with Crippen molar-refractivity contribution in [3.8, 4) is 28.7 Å². The zero-order chi connectivity index (χ0) is 33.1.